The summed E-state index contributed by atoms with van der Waals surface area (Å²) in [5.74, 6) is -0.541. The van der Waals surface area contributed by atoms with E-state index >= 15 is 0 Å². The molecule has 3 nitrogen and oxygen atoms in total. The highest BCUT2D eigenvalue weighted by molar-refractivity contribution is 6.31. The quantitative estimate of drug-likeness (QED) is 0.889. The Balaban J connectivity index is 1.90. The average molecular weight is 314 g/mol. The van der Waals surface area contributed by atoms with Crippen LogP contribution in [-0.2, 0) is 4.79 Å². The van der Waals surface area contributed by atoms with Crippen LogP contribution in [0, 0.1) is 11.7 Å². The zero-order chi connectivity index (χ0) is 15.4. The summed E-state index contributed by atoms with van der Waals surface area (Å²) in [6.07, 6.45) is 3.03. The second-order valence-electron chi connectivity index (χ2n) is 5.75. The number of carboxylic acid groups (broad SMARTS) is 1. The molecule has 1 saturated heterocycles. The summed E-state index contributed by atoms with van der Waals surface area (Å²) in [6, 6.07) is 4.70. The van der Waals surface area contributed by atoms with Crippen LogP contribution in [0.3, 0.4) is 0 Å². The molecular formula is C16H21ClFNO2. The molecule has 1 aromatic rings. The van der Waals surface area contributed by atoms with E-state index < -0.39 is 5.97 Å². The summed E-state index contributed by atoms with van der Waals surface area (Å²) in [4.78, 5) is 12.9. The van der Waals surface area contributed by atoms with Crippen LogP contribution in [0.15, 0.2) is 18.2 Å². The van der Waals surface area contributed by atoms with Gasteiger partial charge in [0.25, 0.3) is 0 Å². The zero-order valence-corrected chi connectivity index (χ0v) is 12.9. The van der Waals surface area contributed by atoms with Crippen LogP contribution in [0.1, 0.15) is 44.2 Å². The zero-order valence-electron chi connectivity index (χ0n) is 12.2. The van der Waals surface area contributed by atoms with Crippen molar-refractivity contribution in [2.45, 2.75) is 38.6 Å². The van der Waals surface area contributed by atoms with Gasteiger partial charge in [-0.05, 0) is 62.9 Å². The highest BCUT2D eigenvalue weighted by atomic mass is 35.5. The summed E-state index contributed by atoms with van der Waals surface area (Å²) < 4.78 is 13.1. The summed E-state index contributed by atoms with van der Waals surface area (Å²) in [7, 11) is 0. The maximum absolute atomic E-state index is 13.1. The van der Waals surface area contributed by atoms with Gasteiger partial charge in [0.15, 0.2) is 0 Å². The molecule has 2 rings (SSSR count). The summed E-state index contributed by atoms with van der Waals surface area (Å²) in [6.45, 7) is 3.94. The number of halogens is 2. The molecule has 0 aliphatic carbocycles. The molecule has 21 heavy (non-hydrogen) atoms. The van der Waals surface area contributed by atoms with Gasteiger partial charge in [-0.2, -0.15) is 0 Å². The summed E-state index contributed by atoms with van der Waals surface area (Å²) >= 11 is 6.12. The van der Waals surface area contributed by atoms with Gasteiger partial charge in [0.2, 0.25) is 0 Å². The van der Waals surface area contributed by atoms with Crippen molar-refractivity contribution in [3.05, 3.63) is 34.6 Å². The highest BCUT2D eigenvalue weighted by Crippen LogP contribution is 2.32. The van der Waals surface area contributed by atoms with E-state index in [1.54, 1.807) is 6.07 Å². The van der Waals surface area contributed by atoms with E-state index in [4.69, 9.17) is 16.7 Å². The molecule has 1 unspecified atom stereocenters. The second kappa shape index (κ2) is 7.23. The highest BCUT2D eigenvalue weighted by Gasteiger charge is 2.24. The molecule has 1 fully saturated rings. The minimum atomic E-state index is -0.719. The summed E-state index contributed by atoms with van der Waals surface area (Å²) in [5, 5.41) is 9.20. The number of hydrogen-bond acceptors (Lipinski definition) is 2. The van der Waals surface area contributed by atoms with E-state index in [0.717, 1.165) is 37.9 Å². The molecule has 0 bridgehead atoms. The molecule has 1 atom stereocenters. The molecule has 1 aliphatic heterocycles. The fourth-order valence-electron chi connectivity index (χ4n) is 2.99. The van der Waals surface area contributed by atoms with Gasteiger partial charge in [0.05, 0.1) is 0 Å². The van der Waals surface area contributed by atoms with Gasteiger partial charge in [-0.25, -0.2) is 4.39 Å². The predicted octanol–water partition coefficient (Wildman–Crippen LogP) is 4.12. The van der Waals surface area contributed by atoms with Crippen LogP contribution in [-0.4, -0.2) is 29.1 Å². The first-order valence-corrected chi connectivity index (χ1v) is 7.76. The van der Waals surface area contributed by atoms with Gasteiger partial charge in [0, 0.05) is 17.5 Å². The molecule has 116 valence electrons. The molecule has 5 heteroatoms. The Morgan fingerprint density at radius 2 is 2.14 bits per heavy atom. The number of likely N-dealkylation sites (tertiary alicyclic amines) is 1. The molecule has 1 heterocycles. The normalized spacial score (nSPS) is 18.6. The van der Waals surface area contributed by atoms with Crippen LogP contribution in [0.5, 0.6) is 0 Å². The largest absolute Gasteiger partial charge is 0.481 e. The Bertz CT molecular complexity index is 501. The number of rotatable bonds is 5. The fourth-order valence-corrected chi connectivity index (χ4v) is 3.32. The predicted molar refractivity (Wildman–Crippen MR) is 81.0 cm³/mol. The lowest BCUT2D eigenvalue weighted by molar-refractivity contribution is -0.137. The number of nitrogens with zero attached hydrogens (tertiary/aromatic N) is 1. The van der Waals surface area contributed by atoms with Crippen LogP contribution in [0.4, 0.5) is 4.39 Å². The lowest BCUT2D eigenvalue weighted by Crippen LogP contribution is -2.35. The van der Waals surface area contributed by atoms with Crippen molar-refractivity contribution in [2.75, 3.05) is 13.1 Å². The molecule has 1 N–H and O–H groups in total. The van der Waals surface area contributed by atoms with Crippen LogP contribution < -0.4 is 0 Å². The van der Waals surface area contributed by atoms with Gasteiger partial charge in [-0.3, -0.25) is 9.69 Å². The van der Waals surface area contributed by atoms with Gasteiger partial charge < -0.3 is 5.11 Å². The number of benzene rings is 1. The molecule has 0 saturated carbocycles. The molecule has 1 aromatic carbocycles. The van der Waals surface area contributed by atoms with Gasteiger partial charge in [0.1, 0.15) is 5.82 Å². The Hall–Kier alpha value is -1.13. The van der Waals surface area contributed by atoms with Crippen molar-refractivity contribution in [1.29, 1.82) is 0 Å². The van der Waals surface area contributed by atoms with E-state index in [-0.39, 0.29) is 18.3 Å². The van der Waals surface area contributed by atoms with Crippen molar-refractivity contribution in [2.24, 2.45) is 5.92 Å². The number of aliphatic carboxylic acids is 1. The Morgan fingerprint density at radius 3 is 2.71 bits per heavy atom. The van der Waals surface area contributed by atoms with Crippen molar-refractivity contribution in [3.8, 4) is 0 Å². The number of carboxylic acids is 1. The first-order valence-electron chi connectivity index (χ1n) is 7.38. The average Bonchev–Trinajstić information content (AvgIpc) is 2.45. The monoisotopic (exact) mass is 313 g/mol. The minimum absolute atomic E-state index is 0.151. The van der Waals surface area contributed by atoms with Crippen LogP contribution >= 0.6 is 11.6 Å². The van der Waals surface area contributed by atoms with E-state index in [1.807, 2.05) is 0 Å². The van der Waals surface area contributed by atoms with Crippen molar-refractivity contribution in [1.82, 2.24) is 4.90 Å². The minimum Gasteiger partial charge on any atom is -0.481 e. The van der Waals surface area contributed by atoms with Crippen molar-refractivity contribution >= 4 is 17.6 Å². The first-order chi connectivity index (χ1) is 9.97. The van der Waals surface area contributed by atoms with Gasteiger partial charge >= 0.3 is 5.97 Å². The van der Waals surface area contributed by atoms with Gasteiger partial charge in [-0.1, -0.05) is 17.7 Å². The topological polar surface area (TPSA) is 40.5 Å². The fraction of sp³-hybridized carbons (Fsp3) is 0.562. The maximum Gasteiger partial charge on any atom is 0.303 e. The molecule has 0 aromatic heterocycles. The van der Waals surface area contributed by atoms with E-state index in [2.05, 4.69) is 11.8 Å². The lowest BCUT2D eigenvalue weighted by Gasteiger charge is -2.36. The number of carbonyl (C=O) groups is 1. The van der Waals surface area contributed by atoms with Crippen LogP contribution in [0.2, 0.25) is 5.02 Å². The molecular weight excluding hydrogens is 293 g/mol. The summed E-state index contributed by atoms with van der Waals surface area (Å²) in [5.41, 5.74) is 0.946. The third-order valence-electron chi connectivity index (χ3n) is 4.38. The molecule has 1 aliphatic rings. The van der Waals surface area contributed by atoms with E-state index in [9.17, 15) is 9.18 Å². The molecule has 0 amide bonds. The standard InChI is InChI=1S/C16H21ClFNO2/c1-11(14-4-3-13(18)10-15(14)17)19-8-6-12(7-9-19)2-5-16(20)21/h3-4,10-12H,2,5-9H2,1H3,(H,20,21). The number of hydrogen-bond donors (Lipinski definition) is 1. The molecule has 0 radical (unpaired) electrons. The Morgan fingerprint density at radius 1 is 1.48 bits per heavy atom. The third kappa shape index (κ3) is 4.42. The first kappa shape index (κ1) is 16.2. The van der Waals surface area contributed by atoms with E-state index in [1.165, 1.54) is 12.1 Å². The van der Waals surface area contributed by atoms with Crippen molar-refractivity contribution < 1.29 is 14.3 Å². The van der Waals surface area contributed by atoms with E-state index in [0.29, 0.717) is 10.9 Å². The number of piperidine rings is 1. The SMILES string of the molecule is CC(c1ccc(F)cc1Cl)N1CCC(CCC(=O)O)CC1. The maximum atomic E-state index is 13.1. The second-order valence-corrected chi connectivity index (χ2v) is 6.16. The van der Waals surface area contributed by atoms with Gasteiger partial charge in [-0.15, -0.1) is 0 Å². The van der Waals surface area contributed by atoms with Crippen molar-refractivity contribution in [3.63, 3.8) is 0 Å². The molecule has 0 spiro atoms. The Labute approximate surface area is 129 Å². The van der Waals surface area contributed by atoms with Crippen LogP contribution in [0.25, 0.3) is 0 Å². The third-order valence-corrected chi connectivity index (χ3v) is 4.70. The smallest absolute Gasteiger partial charge is 0.303 e. The lowest BCUT2D eigenvalue weighted by atomic mass is 9.91. The Kier molecular flexibility index (Phi) is 5.59.